The van der Waals surface area contributed by atoms with Crippen molar-refractivity contribution < 1.29 is 0 Å². The first-order valence-electron chi connectivity index (χ1n) is 5.70. The first-order chi connectivity index (χ1) is 5.70. The molecule has 1 aliphatic carbocycles. The second-order valence-electron chi connectivity index (χ2n) is 4.95. The SMILES string of the molecule is CC(C)C(C)CCCC1CCC1. The molecule has 1 fully saturated rings. The van der Waals surface area contributed by atoms with Crippen LogP contribution in [0, 0.1) is 17.8 Å². The van der Waals surface area contributed by atoms with E-state index in [9.17, 15) is 0 Å². The van der Waals surface area contributed by atoms with Crippen LogP contribution in [0.3, 0.4) is 0 Å². The highest BCUT2D eigenvalue weighted by molar-refractivity contribution is 4.70. The van der Waals surface area contributed by atoms with Crippen LogP contribution in [-0.4, -0.2) is 0 Å². The minimum Gasteiger partial charge on any atom is -0.0625 e. The maximum absolute atomic E-state index is 2.39. The number of hydrogen-bond donors (Lipinski definition) is 0. The van der Waals surface area contributed by atoms with Crippen molar-refractivity contribution in [3.8, 4) is 0 Å². The van der Waals surface area contributed by atoms with Gasteiger partial charge in [-0.2, -0.15) is 0 Å². The third-order valence-electron chi connectivity index (χ3n) is 3.63. The van der Waals surface area contributed by atoms with E-state index in [0.717, 1.165) is 17.8 Å². The van der Waals surface area contributed by atoms with E-state index < -0.39 is 0 Å². The average Bonchev–Trinajstić information content (AvgIpc) is 1.93. The molecular weight excluding hydrogens is 144 g/mol. The van der Waals surface area contributed by atoms with E-state index in [1.54, 1.807) is 0 Å². The summed E-state index contributed by atoms with van der Waals surface area (Å²) in [6.45, 7) is 7.08. The van der Waals surface area contributed by atoms with Crippen molar-refractivity contribution in [1.82, 2.24) is 0 Å². The molecule has 0 nitrogen and oxygen atoms in total. The molecule has 0 radical (unpaired) electrons. The van der Waals surface area contributed by atoms with E-state index in [4.69, 9.17) is 0 Å². The Morgan fingerprint density at radius 1 is 1.17 bits per heavy atom. The lowest BCUT2D eigenvalue weighted by Crippen LogP contribution is -2.11. The van der Waals surface area contributed by atoms with E-state index in [2.05, 4.69) is 20.8 Å². The molecule has 0 bridgehead atoms. The van der Waals surface area contributed by atoms with Crippen LogP contribution in [0.15, 0.2) is 0 Å². The number of rotatable bonds is 5. The average molecular weight is 168 g/mol. The van der Waals surface area contributed by atoms with Crippen LogP contribution in [0.5, 0.6) is 0 Å². The van der Waals surface area contributed by atoms with Crippen molar-refractivity contribution in [1.29, 1.82) is 0 Å². The molecule has 0 saturated heterocycles. The molecule has 1 atom stereocenters. The van der Waals surface area contributed by atoms with E-state index in [0.29, 0.717) is 0 Å². The topological polar surface area (TPSA) is 0 Å². The van der Waals surface area contributed by atoms with Gasteiger partial charge in [0.2, 0.25) is 0 Å². The molecule has 0 amide bonds. The van der Waals surface area contributed by atoms with Crippen LogP contribution in [-0.2, 0) is 0 Å². The molecule has 0 spiro atoms. The Balaban J connectivity index is 1.93. The lowest BCUT2D eigenvalue weighted by Gasteiger charge is -2.26. The van der Waals surface area contributed by atoms with Gasteiger partial charge in [-0.1, -0.05) is 59.3 Å². The van der Waals surface area contributed by atoms with Gasteiger partial charge in [0.05, 0.1) is 0 Å². The zero-order chi connectivity index (χ0) is 8.97. The van der Waals surface area contributed by atoms with E-state index in [1.807, 2.05) is 0 Å². The molecular formula is C12H24. The normalized spacial score (nSPS) is 21.0. The van der Waals surface area contributed by atoms with Crippen molar-refractivity contribution in [2.75, 3.05) is 0 Å². The molecule has 12 heavy (non-hydrogen) atoms. The van der Waals surface area contributed by atoms with Crippen LogP contribution in [0.25, 0.3) is 0 Å². The maximum atomic E-state index is 2.39. The summed E-state index contributed by atoms with van der Waals surface area (Å²) in [7, 11) is 0. The minimum atomic E-state index is 0.881. The Bertz CT molecular complexity index is 111. The van der Waals surface area contributed by atoms with Gasteiger partial charge in [-0.25, -0.2) is 0 Å². The third-order valence-corrected chi connectivity index (χ3v) is 3.63. The zero-order valence-corrected chi connectivity index (χ0v) is 8.97. The Hall–Kier alpha value is 0. The molecule has 1 unspecified atom stereocenters. The fraction of sp³-hybridized carbons (Fsp3) is 1.00. The second kappa shape index (κ2) is 4.89. The van der Waals surface area contributed by atoms with Crippen molar-refractivity contribution in [2.45, 2.75) is 59.3 Å². The Kier molecular flexibility index (Phi) is 4.11. The summed E-state index contributed by atoms with van der Waals surface area (Å²) in [5, 5.41) is 0. The summed E-state index contributed by atoms with van der Waals surface area (Å²) < 4.78 is 0. The van der Waals surface area contributed by atoms with Gasteiger partial charge in [-0.05, 0) is 17.8 Å². The molecule has 1 aliphatic rings. The van der Waals surface area contributed by atoms with Crippen molar-refractivity contribution >= 4 is 0 Å². The summed E-state index contributed by atoms with van der Waals surface area (Å²) in [6, 6.07) is 0. The third kappa shape index (κ3) is 3.16. The molecule has 0 aliphatic heterocycles. The van der Waals surface area contributed by atoms with Crippen molar-refractivity contribution in [3.63, 3.8) is 0 Å². The monoisotopic (exact) mass is 168 g/mol. The van der Waals surface area contributed by atoms with Gasteiger partial charge in [0.25, 0.3) is 0 Å². The molecule has 1 rings (SSSR count). The second-order valence-corrected chi connectivity index (χ2v) is 4.95. The molecule has 0 aromatic rings. The largest absolute Gasteiger partial charge is 0.0625 e. The first kappa shape index (κ1) is 10.1. The highest BCUT2D eigenvalue weighted by Gasteiger charge is 2.17. The van der Waals surface area contributed by atoms with Crippen LogP contribution < -0.4 is 0 Å². The summed E-state index contributed by atoms with van der Waals surface area (Å²) in [4.78, 5) is 0. The lowest BCUT2D eigenvalue weighted by molar-refractivity contribution is 0.272. The van der Waals surface area contributed by atoms with Crippen molar-refractivity contribution in [3.05, 3.63) is 0 Å². The van der Waals surface area contributed by atoms with Gasteiger partial charge >= 0.3 is 0 Å². The van der Waals surface area contributed by atoms with E-state index in [-0.39, 0.29) is 0 Å². The fourth-order valence-electron chi connectivity index (χ4n) is 1.84. The Labute approximate surface area is 77.7 Å². The quantitative estimate of drug-likeness (QED) is 0.575. The summed E-state index contributed by atoms with van der Waals surface area (Å²) in [6.07, 6.45) is 8.99. The predicted octanol–water partition coefficient (Wildman–Crippen LogP) is 4.25. The zero-order valence-electron chi connectivity index (χ0n) is 8.97. The molecule has 0 aromatic heterocycles. The number of hydrogen-bond acceptors (Lipinski definition) is 0. The van der Waals surface area contributed by atoms with Gasteiger partial charge in [-0.15, -0.1) is 0 Å². The molecule has 72 valence electrons. The maximum Gasteiger partial charge on any atom is -0.0414 e. The smallest absolute Gasteiger partial charge is 0.0414 e. The van der Waals surface area contributed by atoms with Gasteiger partial charge in [0.15, 0.2) is 0 Å². The first-order valence-corrected chi connectivity index (χ1v) is 5.70. The van der Waals surface area contributed by atoms with Crippen LogP contribution in [0.2, 0.25) is 0 Å². The molecule has 0 N–H and O–H groups in total. The van der Waals surface area contributed by atoms with Crippen LogP contribution in [0.1, 0.15) is 59.3 Å². The lowest BCUT2D eigenvalue weighted by atomic mass is 9.80. The minimum absolute atomic E-state index is 0.881. The van der Waals surface area contributed by atoms with E-state index >= 15 is 0 Å². The standard InChI is InChI=1S/C12H24/c1-10(2)11(3)6-4-7-12-8-5-9-12/h10-12H,4-9H2,1-3H3. The van der Waals surface area contributed by atoms with Gasteiger partial charge in [0, 0.05) is 0 Å². The Morgan fingerprint density at radius 2 is 1.83 bits per heavy atom. The molecule has 1 saturated carbocycles. The Morgan fingerprint density at radius 3 is 2.25 bits per heavy atom. The van der Waals surface area contributed by atoms with E-state index in [1.165, 1.54) is 38.5 Å². The molecule has 0 aromatic carbocycles. The van der Waals surface area contributed by atoms with Crippen LogP contribution >= 0.6 is 0 Å². The fourth-order valence-corrected chi connectivity index (χ4v) is 1.84. The highest BCUT2D eigenvalue weighted by Crippen LogP contribution is 2.31. The molecule has 0 heteroatoms. The van der Waals surface area contributed by atoms with Crippen LogP contribution in [0.4, 0.5) is 0 Å². The van der Waals surface area contributed by atoms with Gasteiger partial charge in [0.1, 0.15) is 0 Å². The highest BCUT2D eigenvalue weighted by atomic mass is 14.2. The predicted molar refractivity (Wildman–Crippen MR) is 55.2 cm³/mol. The summed E-state index contributed by atoms with van der Waals surface area (Å²) in [5.41, 5.74) is 0. The summed E-state index contributed by atoms with van der Waals surface area (Å²) in [5.74, 6) is 2.93. The summed E-state index contributed by atoms with van der Waals surface area (Å²) >= 11 is 0. The van der Waals surface area contributed by atoms with Gasteiger partial charge in [-0.3, -0.25) is 0 Å². The van der Waals surface area contributed by atoms with Gasteiger partial charge < -0.3 is 0 Å². The van der Waals surface area contributed by atoms with Crippen molar-refractivity contribution in [2.24, 2.45) is 17.8 Å². The molecule has 0 heterocycles.